The second-order valence-electron chi connectivity index (χ2n) is 6.43. The maximum absolute atomic E-state index is 12.3. The molecule has 0 radical (unpaired) electrons. The van der Waals surface area contributed by atoms with E-state index in [2.05, 4.69) is 5.32 Å². The molecular formula is C20H13NO5. The predicted molar refractivity (Wildman–Crippen MR) is 92.8 cm³/mol. The predicted octanol–water partition coefficient (Wildman–Crippen LogP) is 3.21. The minimum atomic E-state index is -0.0541. The van der Waals surface area contributed by atoms with E-state index in [1.54, 1.807) is 0 Å². The van der Waals surface area contributed by atoms with Crippen LogP contribution in [0.4, 0.5) is 0 Å². The number of hydrogen-bond donors (Lipinski definition) is 1. The highest BCUT2D eigenvalue weighted by atomic mass is 16.7. The summed E-state index contributed by atoms with van der Waals surface area (Å²) in [4.78, 5) is 12.3. The molecule has 6 heteroatoms. The fourth-order valence-corrected chi connectivity index (χ4v) is 3.91. The summed E-state index contributed by atoms with van der Waals surface area (Å²) in [6, 6.07) is 11.6. The fourth-order valence-electron chi connectivity index (χ4n) is 3.91. The van der Waals surface area contributed by atoms with E-state index in [0.717, 1.165) is 44.7 Å². The van der Waals surface area contributed by atoms with Crippen LogP contribution in [0, 0.1) is 0 Å². The molecule has 0 spiro atoms. The number of fused-ring (bicyclic) bond motifs is 5. The number of nitrogens with one attached hydrogen (secondary N) is 1. The van der Waals surface area contributed by atoms with E-state index in [9.17, 15) is 4.79 Å². The van der Waals surface area contributed by atoms with Crippen LogP contribution in [0.3, 0.4) is 0 Å². The molecule has 0 bridgehead atoms. The van der Waals surface area contributed by atoms with Gasteiger partial charge in [0.25, 0.3) is 5.91 Å². The van der Waals surface area contributed by atoms with Gasteiger partial charge in [0.15, 0.2) is 23.0 Å². The molecule has 3 aliphatic heterocycles. The highest BCUT2D eigenvalue weighted by molar-refractivity contribution is 6.11. The molecule has 0 fully saturated rings. The summed E-state index contributed by atoms with van der Waals surface area (Å²) < 4.78 is 22.3. The summed E-state index contributed by atoms with van der Waals surface area (Å²) in [6.07, 6.45) is 0. The Labute approximate surface area is 148 Å². The smallest absolute Gasteiger partial charge is 0.251 e. The van der Waals surface area contributed by atoms with Crippen molar-refractivity contribution < 1.29 is 23.7 Å². The van der Waals surface area contributed by atoms with Gasteiger partial charge >= 0.3 is 0 Å². The Hall–Kier alpha value is -3.41. The third-order valence-electron chi connectivity index (χ3n) is 5.08. The van der Waals surface area contributed by atoms with Gasteiger partial charge in [-0.3, -0.25) is 4.79 Å². The summed E-state index contributed by atoms with van der Waals surface area (Å²) in [5.41, 5.74) is 3.59. The number of carbonyl (C=O) groups is 1. The van der Waals surface area contributed by atoms with Gasteiger partial charge in [-0.1, -0.05) is 12.1 Å². The molecule has 0 aliphatic carbocycles. The number of carbonyl (C=O) groups excluding carboxylic acids is 1. The number of amides is 1. The zero-order valence-corrected chi connectivity index (χ0v) is 13.6. The summed E-state index contributed by atoms with van der Waals surface area (Å²) in [5, 5.41) is 4.82. The lowest BCUT2D eigenvalue weighted by atomic mass is 9.90. The minimum absolute atomic E-state index is 0.0541. The average molecular weight is 347 g/mol. The van der Waals surface area contributed by atoms with Crippen molar-refractivity contribution in [2.75, 3.05) is 13.6 Å². The van der Waals surface area contributed by atoms with Crippen LogP contribution in [-0.4, -0.2) is 19.5 Å². The van der Waals surface area contributed by atoms with Gasteiger partial charge in [-0.25, -0.2) is 0 Å². The lowest BCUT2D eigenvalue weighted by Gasteiger charge is -2.14. The average Bonchev–Trinajstić information content (AvgIpc) is 3.39. The van der Waals surface area contributed by atoms with Crippen LogP contribution in [0.25, 0.3) is 21.9 Å². The first-order valence-electron chi connectivity index (χ1n) is 8.36. The number of ether oxygens (including phenoxy) is 4. The molecule has 0 aromatic heterocycles. The molecule has 3 aliphatic rings. The van der Waals surface area contributed by atoms with Gasteiger partial charge in [-0.15, -0.1) is 0 Å². The van der Waals surface area contributed by atoms with E-state index >= 15 is 0 Å². The van der Waals surface area contributed by atoms with E-state index in [4.69, 9.17) is 18.9 Å². The molecule has 0 saturated heterocycles. The van der Waals surface area contributed by atoms with E-state index in [1.165, 1.54) is 0 Å². The third-order valence-corrected chi connectivity index (χ3v) is 5.08. The van der Waals surface area contributed by atoms with Crippen LogP contribution in [0.5, 0.6) is 23.0 Å². The van der Waals surface area contributed by atoms with Crippen molar-refractivity contribution in [3.8, 4) is 34.1 Å². The van der Waals surface area contributed by atoms with E-state index in [1.807, 2.05) is 36.4 Å². The second-order valence-corrected chi connectivity index (χ2v) is 6.43. The monoisotopic (exact) mass is 347 g/mol. The summed E-state index contributed by atoms with van der Waals surface area (Å²) in [6.45, 7) is 0.903. The molecule has 0 unspecified atom stereocenters. The van der Waals surface area contributed by atoms with Crippen molar-refractivity contribution in [2.45, 2.75) is 6.54 Å². The van der Waals surface area contributed by atoms with Crippen molar-refractivity contribution in [2.24, 2.45) is 0 Å². The molecule has 3 aromatic carbocycles. The second kappa shape index (κ2) is 4.82. The zero-order chi connectivity index (χ0) is 17.3. The maximum Gasteiger partial charge on any atom is 0.251 e. The highest BCUT2D eigenvalue weighted by Gasteiger charge is 2.29. The zero-order valence-electron chi connectivity index (χ0n) is 13.6. The minimum Gasteiger partial charge on any atom is -0.454 e. The van der Waals surface area contributed by atoms with Gasteiger partial charge in [0.1, 0.15) is 0 Å². The molecule has 1 N–H and O–H groups in total. The standard InChI is InChI=1S/C20H13NO5/c22-20-12-5-10-2-4-15-19(26-9-24-15)18(10)17(13(12)7-21-20)11-1-3-14-16(6-11)25-8-23-14/h1-6H,7-9H2,(H,21,22). The van der Waals surface area contributed by atoms with Gasteiger partial charge in [-0.05, 0) is 46.3 Å². The van der Waals surface area contributed by atoms with Crippen LogP contribution < -0.4 is 24.3 Å². The van der Waals surface area contributed by atoms with Gasteiger partial charge in [0.2, 0.25) is 13.6 Å². The molecule has 26 heavy (non-hydrogen) atoms. The van der Waals surface area contributed by atoms with E-state index < -0.39 is 0 Å². The first-order valence-corrected chi connectivity index (χ1v) is 8.36. The Balaban J connectivity index is 1.73. The van der Waals surface area contributed by atoms with Crippen LogP contribution in [-0.2, 0) is 6.54 Å². The summed E-state index contributed by atoms with van der Waals surface area (Å²) in [5.74, 6) is 2.82. The molecular weight excluding hydrogens is 334 g/mol. The van der Waals surface area contributed by atoms with Crippen LogP contribution in [0.15, 0.2) is 36.4 Å². The van der Waals surface area contributed by atoms with Crippen molar-refractivity contribution in [1.29, 1.82) is 0 Å². The SMILES string of the molecule is O=C1NCc2c1cc1ccc3c(c1c2-c1ccc2c(c1)OCO2)OCO3. The molecule has 6 rings (SSSR count). The van der Waals surface area contributed by atoms with Crippen LogP contribution in [0.1, 0.15) is 15.9 Å². The molecule has 3 heterocycles. The third kappa shape index (κ3) is 1.73. The maximum atomic E-state index is 12.3. The number of hydrogen-bond acceptors (Lipinski definition) is 5. The first kappa shape index (κ1) is 13.8. The normalized spacial score (nSPS) is 16.1. The van der Waals surface area contributed by atoms with Crippen molar-refractivity contribution in [3.63, 3.8) is 0 Å². The van der Waals surface area contributed by atoms with Crippen LogP contribution in [0.2, 0.25) is 0 Å². The summed E-state index contributed by atoms with van der Waals surface area (Å²) in [7, 11) is 0. The Kier molecular flexibility index (Phi) is 2.56. The molecule has 3 aromatic rings. The molecule has 6 nitrogen and oxygen atoms in total. The summed E-state index contributed by atoms with van der Waals surface area (Å²) >= 11 is 0. The highest BCUT2D eigenvalue weighted by Crippen LogP contribution is 2.48. The largest absolute Gasteiger partial charge is 0.454 e. The Morgan fingerprint density at radius 1 is 0.846 bits per heavy atom. The van der Waals surface area contributed by atoms with E-state index in [-0.39, 0.29) is 19.5 Å². The van der Waals surface area contributed by atoms with Gasteiger partial charge in [-0.2, -0.15) is 0 Å². The molecule has 0 saturated carbocycles. The van der Waals surface area contributed by atoms with Crippen molar-refractivity contribution in [3.05, 3.63) is 47.5 Å². The fraction of sp³-hybridized carbons (Fsp3) is 0.150. The molecule has 128 valence electrons. The Bertz CT molecular complexity index is 1120. The molecule has 0 atom stereocenters. The quantitative estimate of drug-likeness (QED) is 0.732. The van der Waals surface area contributed by atoms with Crippen LogP contribution >= 0.6 is 0 Å². The number of benzene rings is 3. The Morgan fingerprint density at radius 2 is 1.65 bits per heavy atom. The van der Waals surface area contributed by atoms with E-state index in [0.29, 0.717) is 17.9 Å². The number of rotatable bonds is 1. The van der Waals surface area contributed by atoms with Gasteiger partial charge in [0, 0.05) is 17.5 Å². The molecule has 1 amide bonds. The lowest BCUT2D eigenvalue weighted by molar-refractivity contribution is 0.0966. The first-order chi connectivity index (χ1) is 12.8. The van der Waals surface area contributed by atoms with Crippen molar-refractivity contribution >= 4 is 16.7 Å². The van der Waals surface area contributed by atoms with Crippen molar-refractivity contribution in [1.82, 2.24) is 5.32 Å². The van der Waals surface area contributed by atoms with Gasteiger partial charge < -0.3 is 24.3 Å². The lowest BCUT2D eigenvalue weighted by Crippen LogP contribution is -2.12. The topological polar surface area (TPSA) is 66.0 Å². The Morgan fingerprint density at radius 3 is 2.62 bits per heavy atom. The van der Waals surface area contributed by atoms with Gasteiger partial charge in [0.05, 0.1) is 0 Å².